The molecule has 3 rings (SSSR count). The highest BCUT2D eigenvalue weighted by molar-refractivity contribution is 7.94. The number of carbonyl (C=O) groups is 1. The predicted octanol–water partition coefficient (Wildman–Crippen LogP) is 1.01. The van der Waals surface area contributed by atoms with Crippen LogP contribution in [0.2, 0.25) is 0 Å². The Morgan fingerprint density at radius 1 is 1.40 bits per heavy atom. The average molecular weight is 372 g/mol. The van der Waals surface area contributed by atoms with Crippen LogP contribution < -0.4 is 5.32 Å². The van der Waals surface area contributed by atoms with E-state index in [4.69, 9.17) is 9.26 Å². The van der Waals surface area contributed by atoms with Gasteiger partial charge in [-0.3, -0.25) is 10.1 Å². The molecule has 8 nitrogen and oxygen atoms in total. The Hall–Kier alpha value is -1.45. The number of aliphatic hydroxyl groups excluding tert-OH is 1. The van der Waals surface area contributed by atoms with E-state index >= 15 is 0 Å². The normalized spacial score (nSPS) is 21.1. The van der Waals surface area contributed by atoms with Gasteiger partial charge in [0.1, 0.15) is 4.75 Å². The molecule has 1 aliphatic heterocycles. The van der Waals surface area contributed by atoms with Crippen molar-refractivity contribution < 1.29 is 27.6 Å². The topological polar surface area (TPSA) is 119 Å². The van der Waals surface area contributed by atoms with E-state index in [0.717, 1.165) is 12.8 Å². The standard InChI is InChI=1S/C16H24N2O6S/c1-15(2,25(21,22)11-3-7-23-8-4-11)14(20)17-13-9-12(18-24-13)16(10-19)5-6-16/h9,11,19H,3-8,10H2,1-2H3,(H,17,20). The minimum atomic E-state index is -3.69. The number of sulfone groups is 1. The molecule has 0 radical (unpaired) electrons. The van der Waals surface area contributed by atoms with Gasteiger partial charge < -0.3 is 14.4 Å². The van der Waals surface area contributed by atoms with Crippen LogP contribution in [-0.4, -0.2) is 54.4 Å². The fourth-order valence-corrected chi connectivity index (χ4v) is 4.98. The molecule has 1 saturated carbocycles. The van der Waals surface area contributed by atoms with Crippen molar-refractivity contribution in [3.05, 3.63) is 11.8 Å². The zero-order valence-electron chi connectivity index (χ0n) is 14.4. The Bertz CT molecular complexity index is 744. The van der Waals surface area contributed by atoms with E-state index in [9.17, 15) is 18.3 Å². The zero-order chi connectivity index (χ0) is 18.3. The maximum Gasteiger partial charge on any atom is 0.247 e. The van der Waals surface area contributed by atoms with Crippen molar-refractivity contribution in [1.29, 1.82) is 0 Å². The van der Waals surface area contributed by atoms with Gasteiger partial charge >= 0.3 is 0 Å². The number of rotatable bonds is 6. The first-order valence-electron chi connectivity index (χ1n) is 8.44. The zero-order valence-corrected chi connectivity index (χ0v) is 15.3. The highest BCUT2D eigenvalue weighted by atomic mass is 32.2. The number of amides is 1. The summed E-state index contributed by atoms with van der Waals surface area (Å²) in [7, 11) is -3.69. The number of nitrogens with zero attached hydrogens (tertiary/aromatic N) is 1. The minimum Gasteiger partial charge on any atom is -0.395 e. The monoisotopic (exact) mass is 372 g/mol. The summed E-state index contributed by atoms with van der Waals surface area (Å²) in [5, 5.41) is 15.2. The maximum absolute atomic E-state index is 12.9. The average Bonchev–Trinajstić information content (AvgIpc) is 3.27. The number of carbonyl (C=O) groups excluding carboxylic acids is 1. The quantitative estimate of drug-likeness (QED) is 0.765. The van der Waals surface area contributed by atoms with Gasteiger partial charge in [0.2, 0.25) is 11.8 Å². The molecule has 2 fully saturated rings. The molecule has 0 aromatic carbocycles. The van der Waals surface area contributed by atoms with Crippen LogP contribution in [0.1, 0.15) is 45.2 Å². The van der Waals surface area contributed by atoms with Crippen LogP contribution in [0.25, 0.3) is 0 Å². The SMILES string of the molecule is CC(C)(C(=O)Nc1cc(C2(CO)CC2)no1)S(=O)(=O)C1CCOCC1. The lowest BCUT2D eigenvalue weighted by Gasteiger charge is -2.30. The van der Waals surface area contributed by atoms with E-state index in [1.54, 1.807) is 6.07 Å². The summed E-state index contributed by atoms with van der Waals surface area (Å²) in [6.07, 6.45) is 2.41. The summed E-state index contributed by atoms with van der Waals surface area (Å²) in [6.45, 7) is 3.55. The van der Waals surface area contributed by atoms with E-state index in [0.29, 0.717) is 31.7 Å². The van der Waals surface area contributed by atoms with Gasteiger partial charge in [-0.15, -0.1) is 0 Å². The summed E-state index contributed by atoms with van der Waals surface area (Å²) in [4.78, 5) is 12.6. The summed E-state index contributed by atoms with van der Waals surface area (Å²) < 4.78 is 34.4. The summed E-state index contributed by atoms with van der Waals surface area (Å²) in [5.74, 6) is -0.564. The molecule has 0 spiro atoms. The van der Waals surface area contributed by atoms with E-state index in [-0.39, 0.29) is 17.9 Å². The third kappa shape index (κ3) is 3.20. The smallest absolute Gasteiger partial charge is 0.247 e. The second-order valence-electron chi connectivity index (χ2n) is 7.34. The largest absolute Gasteiger partial charge is 0.395 e. The van der Waals surface area contributed by atoms with Crippen molar-refractivity contribution in [2.45, 2.75) is 54.9 Å². The highest BCUT2D eigenvalue weighted by Gasteiger charge is 2.48. The minimum absolute atomic E-state index is 0.0312. The van der Waals surface area contributed by atoms with E-state index in [1.807, 2.05) is 0 Å². The Kier molecular flexibility index (Phi) is 4.67. The summed E-state index contributed by atoms with van der Waals surface area (Å²) in [6, 6.07) is 1.55. The van der Waals surface area contributed by atoms with Crippen LogP contribution in [0.3, 0.4) is 0 Å². The van der Waals surface area contributed by atoms with Gasteiger partial charge in [-0.05, 0) is 39.5 Å². The van der Waals surface area contributed by atoms with E-state index in [2.05, 4.69) is 10.5 Å². The molecule has 1 amide bonds. The first kappa shape index (κ1) is 18.3. The third-order valence-electron chi connectivity index (χ3n) is 5.31. The Morgan fingerprint density at radius 3 is 2.60 bits per heavy atom. The van der Waals surface area contributed by atoms with Crippen LogP contribution in [-0.2, 0) is 24.8 Å². The van der Waals surface area contributed by atoms with Gasteiger partial charge in [0, 0.05) is 24.7 Å². The molecule has 1 aromatic rings. The van der Waals surface area contributed by atoms with Gasteiger partial charge in [0.05, 0.1) is 17.6 Å². The van der Waals surface area contributed by atoms with E-state index in [1.165, 1.54) is 13.8 Å². The van der Waals surface area contributed by atoms with Crippen LogP contribution >= 0.6 is 0 Å². The lowest BCUT2D eigenvalue weighted by Crippen LogP contribution is -2.50. The van der Waals surface area contributed by atoms with Crippen molar-refractivity contribution in [3.8, 4) is 0 Å². The number of aliphatic hydroxyl groups is 1. The van der Waals surface area contributed by atoms with Crippen molar-refractivity contribution in [3.63, 3.8) is 0 Å². The van der Waals surface area contributed by atoms with Crippen LogP contribution in [0.4, 0.5) is 5.88 Å². The third-order valence-corrected chi connectivity index (χ3v) is 8.27. The molecule has 1 saturated heterocycles. The van der Waals surface area contributed by atoms with Gasteiger partial charge in [0.25, 0.3) is 0 Å². The number of hydrogen-bond acceptors (Lipinski definition) is 7. The van der Waals surface area contributed by atoms with Crippen LogP contribution in [0.15, 0.2) is 10.6 Å². The van der Waals surface area contributed by atoms with Gasteiger partial charge in [0.15, 0.2) is 9.84 Å². The fraction of sp³-hybridized carbons (Fsp3) is 0.750. The molecule has 2 aliphatic rings. The molecule has 0 unspecified atom stereocenters. The Labute approximate surface area is 146 Å². The highest BCUT2D eigenvalue weighted by Crippen LogP contribution is 2.47. The molecular formula is C16H24N2O6S. The molecule has 2 N–H and O–H groups in total. The van der Waals surface area contributed by atoms with Crippen molar-refractivity contribution in [2.24, 2.45) is 0 Å². The molecule has 140 valence electrons. The van der Waals surface area contributed by atoms with E-state index < -0.39 is 25.7 Å². The second-order valence-corrected chi connectivity index (χ2v) is 10.1. The van der Waals surface area contributed by atoms with Crippen LogP contribution in [0, 0.1) is 0 Å². The summed E-state index contributed by atoms with van der Waals surface area (Å²) >= 11 is 0. The van der Waals surface area contributed by atoms with Gasteiger partial charge in [-0.2, -0.15) is 0 Å². The van der Waals surface area contributed by atoms with Gasteiger partial charge in [-0.1, -0.05) is 5.16 Å². The number of hydrogen-bond donors (Lipinski definition) is 2. The maximum atomic E-state index is 12.9. The predicted molar refractivity (Wildman–Crippen MR) is 90.0 cm³/mol. The molecule has 1 aliphatic carbocycles. The first-order valence-corrected chi connectivity index (χ1v) is 9.98. The first-order chi connectivity index (χ1) is 11.7. The number of ether oxygens (including phenoxy) is 1. The van der Waals surface area contributed by atoms with Crippen molar-refractivity contribution >= 4 is 21.6 Å². The molecule has 1 aromatic heterocycles. The van der Waals surface area contributed by atoms with Crippen molar-refractivity contribution in [1.82, 2.24) is 5.16 Å². The van der Waals surface area contributed by atoms with Crippen molar-refractivity contribution in [2.75, 3.05) is 25.1 Å². The molecular weight excluding hydrogens is 348 g/mol. The second kappa shape index (κ2) is 6.37. The lowest BCUT2D eigenvalue weighted by atomic mass is 10.0. The molecule has 2 heterocycles. The number of nitrogens with one attached hydrogen (secondary N) is 1. The number of anilines is 1. The van der Waals surface area contributed by atoms with Gasteiger partial charge in [-0.25, -0.2) is 8.42 Å². The summed E-state index contributed by atoms with van der Waals surface area (Å²) in [5.41, 5.74) is 0.200. The molecule has 0 atom stereocenters. The fourth-order valence-electron chi connectivity index (χ4n) is 3.02. The molecule has 9 heteroatoms. The molecule has 25 heavy (non-hydrogen) atoms. The Morgan fingerprint density at radius 2 is 2.04 bits per heavy atom. The lowest BCUT2D eigenvalue weighted by molar-refractivity contribution is -0.118. The number of aromatic nitrogens is 1. The Balaban J connectivity index is 1.73. The molecule has 0 bridgehead atoms. The van der Waals surface area contributed by atoms with Crippen LogP contribution in [0.5, 0.6) is 0 Å².